The van der Waals surface area contributed by atoms with Crippen LogP contribution in [-0.2, 0) is 0 Å². The number of nitrogens with zero attached hydrogens (tertiary/aromatic N) is 2. The third-order valence-electron chi connectivity index (χ3n) is 1.22. The lowest BCUT2D eigenvalue weighted by atomic mass is 10.4. The van der Waals surface area contributed by atoms with E-state index in [4.69, 9.17) is 10.2 Å². The number of rotatable bonds is 2. The number of carboxylic acid groups (broad SMARTS) is 2. The molecular formula is C6H2F2N2O4. The van der Waals surface area contributed by atoms with Gasteiger partial charge in [-0.3, -0.25) is 0 Å². The molecule has 0 spiro atoms. The minimum atomic E-state index is -1.83. The molecule has 6 nitrogen and oxygen atoms in total. The fourth-order valence-electron chi connectivity index (χ4n) is 0.667. The van der Waals surface area contributed by atoms with Gasteiger partial charge >= 0.3 is 11.9 Å². The number of hydrogen-bond donors (Lipinski definition) is 2. The van der Waals surface area contributed by atoms with Crippen LogP contribution in [-0.4, -0.2) is 32.1 Å². The predicted octanol–water partition coefficient (Wildman–Crippen LogP) is 0.151. The van der Waals surface area contributed by atoms with Gasteiger partial charge in [0.1, 0.15) is 0 Å². The van der Waals surface area contributed by atoms with Gasteiger partial charge in [0.25, 0.3) is 0 Å². The van der Waals surface area contributed by atoms with Gasteiger partial charge in [0.05, 0.1) is 0 Å². The van der Waals surface area contributed by atoms with Crippen molar-refractivity contribution < 1.29 is 28.6 Å². The molecular weight excluding hydrogens is 202 g/mol. The monoisotopic (exact) mass is 204 g/mol. The molecule has 8 heteroatoms. The fourth-order valence-corrected chi connectivity index (χ4v) is 0.667. The molecule has 0 atom stereocenters. The number of aromatic carboxylic acids is 2. The lowest BCUT2D eigenvalue weighted by Crippen LogP contribution is -2.14. The second-order valence-corrected chi connectivity index (χ2v) is 2.11. The molecule has 0 amide bonds. The zero-order valence-electron chi connectivity index (χ0n) is 6.36. The quantitative estimate of drug-likeness (QED) is 0.711. The molecule has 14 heavy (non-hydrogen) atoms. The molecule has 0 aliphatic rings. The molecule has 74 valence electrons. The zero-order valence-corrected chi connectivity index (χ0v) is 6.36. The molecule has 2 N–H and O–H groups in total. The van der Waals surface area contributed by atoms with Crippen molar-refractivity contribution in [2.75, 3.05) is 0 Å². The number of hydrogen-bond acceptors (Lipinski definition) is 4. The first-order valence-corrected chi connectivity index (χ1v) is 3.13. The van der Waals surface area contributed by atoms with Crippen LogP contribution in [0.4, 0.5) is 8.78 Å². The van der Waals surface area contributed by atoms with E-state index in [0.717, 1.165) is 0 Å². The van der Waals surface area contributed by atoms with Crippen molar-refractivity contribution >= 4 is 11.9 Å². The third-order valence-corrected chi connectivity index (χ3v) is 1.22. The Balaban J connectivity index is 3.38. The summed E-state index contributed by atoms with van der Waals surface area (Å²) in [5.74, 6) is -6.94. The normalized spacial score (nSPS) is 9.86. The highest BCUT2D eigenvalue weighted by atomic mass is 19.1. The molecule has 1 aromatic heterocycles. The summed E-state index contributed by atoms with van der Waals surface area (Å²) in [5, 5.41) is 16.5. The lowest BCUT2D eigenvalue weighted by molar-refractivity contribution is 0.0656. The minimum absolute atomic E-state index is 1.26. The van der Waals surface area contributed by atoms with Gasteiger partial charge in [-0.05, 0) is 0 Å². The van der Waals surface area contributed by atoms with Crippen LogP contribution in [0.1, 0.15) is 21.0 Å². The third kappa shape index (κ3) is 1.63. The first-order valence-electron chi connectivity index (χ1n) is 3.13. The Morgan fingerprint density at radius 1 is 0.929 bits per heavy atom. The van der Waals surface area contributed by atoms with Gasteiger partial charge in [0, 0.05) is 0 Å². The van der Waals surface area contributed by atoms with E-state index in [1.807, 2.05) is 0 Å². The van der Waals surface area contributed by atoms with Gasteiger partial charge in [-0.25, -0.2) is 19.6 Å². The van der Waals surface area contributed by atoms with E-state index in [2.05, 4.69) is 9.97 Å². The van der Waals surface area contributed by atoms with E-state index in [-0.39, 0.29) is 0 Å². The lowest BCUT2D eigenvalue weighted by Gasteiger charge is -1.98. The molecule has 0 aliphatic heterocycles. The fraction of sp³-hybridized carbons (Fsp3) is 0. The summed E-state index contributed by atoms with van der Waals surface area (Å²) in [6, 6.07) is 0. The van der Waals surface area contributed by atoms with Crippen LogP contribution in [0.3, 0.4) is 0 Å². The molecule has 1 rings (SSSR count). The Labute approximate surface area is 74.8 Å². The Morgan fingerprint density at radius 3 is 1.43 bits per heavy atom. The summed E-state index contributed by atoms with van der Waals surface area (Å²) in [5.41, 5.74) is -2.51. The summed E-state index contributed by atoms with van der Waals surface area (Å²) in [6.45, 7) is 0. The molecule has 0 fully saturated rings. The average molecular weight is 204 g/mol. The van der Waals surface area contributed by atoms with E-state index in [1.54, 1.807) is 0 Å². The molecule has 0 aromatic carbocycles. The number of carboxylic acids is 2. The van der Waals surface area contributed by atoms with Gasteiger partial charge in [0.2, 0.25) is 23.3 Å². The van der Waals surface area contributed by atoms with Gasteiger partial charge < -0.3 is 10.2 Å². The first-order chi connectivity index (χ1) is 6.43. The van der Waals surface area contributed by atoms with E-state index in [0.29, 0.717) is 0 Å². The van der Waals surface area contributed by atoms with Crippen molar-refractivity contribution in [1.82, 2.24) is 9.97 Å². The molecule has 0 bridgehead atoms. The van der Waals surface area contributed by atoms with E-state index in [1.165, 1.54) is 0 Å². The molecule has 0 unspecified atom stereocenters. The van der Waals surface area contributed by atoms with Crippen LogP contribution in [0.5, 0.6) is 0 Å². The zero-order chi connectivity index (χ0) is 10.9. The van der Waals surface area contributed by atoms with Crippen molar-refractivity contribution in [1.29, 1.82) is 0 Å². The van der Waals surface area contributed by atoms with Crippen molar-refractivity contribution in [3.8, 4) is 0 Å². The van der Waals surface area contributed by atoms with E-state index >= 15 is 0 Å². The second-order valence-electron chi connectivity index (χ2n) is 2.11. The van der Waals surface area contributed by atoms with Gasteiger partial charge in [0.15, 0.2) is 0 Å². The Kier molecular flexibility index (Phi) is 2.36. The number of halogens is 2. The highest BCUT2D eigenvalue weighted by molar-refractivity contribution is 5.88. The number of carbonyl (C=O) groups is 2. The Bertz CT molecular complexity index is 381. The van der Waals surface area contributed by atoms with E-state index in [9.17, 15) is 18.4 Å². The molecule has 1 aromatic rings. The molecule has 1 heterocycles. The minimum Gasteiger partial charge on any atom is -0.476 e. The maximum absolute atomic E-state index is 12.7. The second kappa shape index (κ2) is 3.32. The first kappa shape index (κ1) is 9.96. The maximum Gasteiger partial charge on any atom is 0.359 e. The molecule has 0 saturated heterocycles. The number of aromatic nitrogens is 2. The van der Waals surface area contributed by atoms with Gasteiger partial charge in [-0.15, -0.1) is 0 Å². The van der Waals surface area contributed by atoms with E-state index < -0.39 is 35.2 Å². The summed E-state index contributed by atoms with van der Waals surface area (Å²) < 4.78 is 25.3. The standard InChI is InChI=1S/C6H2F2N2O4/c7-3-1(5(11)12)9-4(8)2(10-3)6(13)14/h(H,11,12)(H,13,14). The highest BCUT2D eigenvalue weighted by Crippen LogP contribution is 2.06. The van der Waals surface area contributed by atoms with Crippen LogP contribution in [0.15, 0.2) is 0 Å². The Hall–Kier alpha value is -2.12. The largest absolute Gasteiger partial charge is 0.476 e. The SMILES string of the molecule is O=C(O)c1nc(F)c(C(=O)O)nc1F. The average Bonchev–Trinajstić information content (AvgIpc) is 2.07. The van der Waals surface area contributed by atoms with Crippen molar-refractivity contribution in [3.63, 3.8) is 0 Å². The van der Waals surface area contributed by atoms with Crippen LogP contribution in [0, 0.1) is 11.9 Å². The van der Waals surface area contributed by atoms with Gasteiger partial charge in [-0.2, -0.15) is 8.78 Å². The molecule has 0 aliphatic carbocycles. The van der Waals surface area contributed by atoms with Crippen LogP contribution in [0.2, 0.25) is 0 Å². The molecule has 0 radical (unpaired) electrons. The smallest absolute Gasteiger partial charge is 0.359 e. The van der Waals surface area contributed by atoms with Gasteiger partial charge in [-0.1, -0.05) is 0 Å². The summed E-state index contributed by atoms with van der Waals surface area (Å²) in [4.78, 5) is 25.6. The van der Waals surface area contributed by atoms with Crippen LogP contribution in [0.25, 0.3) is 0 Å². The van der Waals surface area contributed by atoms with Crippen molar-refractivity contribution in [2.24, 2.45) is 0 Å². The topological polar surface area (TPSA) is 100 Å². The summed E-state index contributed by atoms with van der Waals surface area (Å²) >= 11 is 0. The summed E-state index contributed by atoms with van der Waals surface area (Å²) in [7, 11) is 0. The highest BCUT2D eigenvalue weighted by Gasteiger charge is 2.22. The Morgan fingerprint density at radius 2 is 1.21 bits per heavy atom. The van der Waals surface area contributed by atoms with Crippen molar-refractivity contribution in [2.45, 2.75) is 0 Å². The maximum atomic E-state index is 12.7. The van der Waals surface area contributed by atoms with Crippen molar-refractivity contribution in [3.05, 3.63) is 23.3 Å². The molecule has 0 saturated carbocycles. The van der Waals surface area contributed by atoms with Crippen LogP contribution < -0.4 is 0 Å². The van der Waals surface area contributed by atoms with Crippen LogP contribution >= 0.6 is 0 Å². The predicted molar refractivity (Wildman–Crippen MR) is 35.9 cm³/mol. The summed E-state index contributed by atoms with van der Waals surface area (Å²) in [6.07, 6.45) is 0.